The zero-order valence-electron chi connectivity index (χ0n) is 22.4. The van der Waals surface area contributed by atoms with Crippen LogP contribution in [0.2, 0.25) is 5.02 Å². The number of hydrogen-bond donors (Lipinski definition) is 2. The van der Waals surface area contributed by atoms with Crippen LogP contribution in [0.5, 0.6) is 0 Å². The van der Waals surface area contributed by atoms with E-state index in [0.29, 0.717) is 33.4 Å². The van der Waals surface area contributed by atoms with Crippen molar-refractivity contribution in [1.82, 2.24) is 20.0 Å². The van der Waals surface area contributed by atoms with Crippen LogP contribution in [0.1, 0.15) is 72.3 Å². The maximum Gasteiger partial charge on any atom is 0.103 e. The minimum absolute atomic E-state index is 0.00951. The molecule has 1 aliphatic rings. The standard InChI is InChI=1S/C32H27ClN8/c1-2-28(21-8-4-3-5-9-21)39-30-23(17-35)18-36-32-26(30)14-24(15-27(32)33)38-31(22-10-6-7-20(13-22)16-34)29-19-37-40-41(29)25-11-12-25/h3-10,13-15,18-19,25,28,31,38H,2,11-12H2,1H3,(H,36,39)/t28-,31?/m1/s1. The third-order valence-electron chi connectivity index (χ3n) is 7.43. The van der Waals surface area contributed by atoms with E-state index in [1.165, 1.54) is 0 Å². The van der Waals surface area contributed by atoms with Crippen LogP contribution in [-0.2, 0) is 0 Å². The van der Waals surface area contributed by atoms with E-state index in [4.69, 9.17) is 11.6 Å². The molecule has 0 saturated heterocycles. The van der Waals surface area contributed by atoms with Crippen LogP contribution in [0.25, 0.3) is 10.9 Å². The van der Waals surface area contributed by atoms with E-state index >= 15 is 0 Å². The molecule has 1 fully saturated rings. The van der Waals surface area contributed by atoms with Gasteiger partial charge in [0.25, 0.3) is 0 Å². The van der Waals surface area contributed by atoms with Gasteiger partial charge in [-0.25, -0.2) is 4.68 Å². The zero-order chi connectivity index (χ0) is 28.3. The predicted octanol–water partition coefficient (Wildman–Crippen LogP) is 7.32. The molecule has 6 rings (SSSR count). The molecule has 8 nitrogen and oxygen atoms in total. The molecule has 202 valence electrons. The van der Waals surface area contributed by atoms with Crippen LogP contribution in [0, 0.1) is 22.7 Å². The van der Waals surface area contributed by atoms with Gasteiger partial charge in [-0.3, -0.25) is 4.98 Å². The summed E-state index contributed by atoms with van der Waals surface area (Å²) >= 11 is 6.82. The Labute approximate surface area is 243 Å². The Morgan fingerprint density at radius 1 is 0.976 bits per heavy atom. The van der Waals surface area contributed by atoms with Gasteiger partial charge in [0, 0.05) is 17.3 Å². The molecule has 1 unspecified atom stereocenters. The van der Waals surface area contributed by atoms with Gasteiger partial charge in [0.15, 0.2) is 0 Å². The second-order valence-corrected chi connectivity index (χ2v) is 10.6. The molecule has 9 heteroatoms. The average Bonchev–Trinajstić information content (AvgIpc) is 3.75. The highest BCUT2D eigenvalue weighted by atomic mass is 35.5. The summed E-state index contributed by atoms with van der Waals surface area (Å²) in [7, 11) is 0. The predicted molar refractivity (Wildman–Crippen MR) is 159 cm³/mol. The summed E-state index contributed by atoms with van der Waals surface area (Å²) in [6, 6.07) is 26.0. The first kappa shape index (κ1) is 26.3. The second-order valence-electron chi connectivity index (χ2n) is 10.2. The van der Waals surface area contributed by atoms with Crippen molar-refractivity contribution < 1.29 is 0 Å². The molecule has 3 aromatic carbocycles. The fourth-order valence-electron chi connectivity index (χ4n) is 5.21. The van der Waals surface area contributed by atoms with E-state index in [0.717, 1.165) is 47.2 Å². The van der Waals surface area contributed by atoms with Gasteiger partial charge in [-0.05, 0) is 54.7 Å². The number of halogens is 1. The number of pyridine rings is 1. The van der Waals surface area contributed by atoms with Gasteiger partial charge in [-0.2, -0.15) is 10.5 Å². The summed E-state index contributed by atoms with van der Waals surface area (Å²) in [5.41, 5.74) is 5.97. The first-order valence-electron chi connectivity index (χ1n) is 13.6. The van der Waals surface area contributed by atoms with Crippen molar-refractivity contribution >= 4 is 33.9 Å². The Hall–Kier alpha value is -4.92. The van der Waals surface area contributed by atoms with E-state index < -0.39 is 0 Å². The molecule has 2 heterocycles. The van der Waals surface area contributed by atoms with E-state index in [9.17, 15) is 10.5 Å². The van der Waals surface area contributed by atoms with Crippen LogP contribution >= 0.6 is 11.6 Å². The molecule has 2 aromatic heterocycles. The number of hydrogen-bond acceptors (Lipinski definition) is 7. The smallest absolute Gasteiger partial charge is 0.103 e. The molecule has 0 spiro atoms. The molecule has 0 aliphatic heterocycles. The summed E-state index contributed by atoms with van der Waals surface area (Å²) in [6.07, 6.45) is 6.27. The summed E-state index contributed by atoms with van der Waals surface area (Å²) < 4.78 is 1.97. The van der Waals surface area contributed by atoms with E-state index in [2.05, 4.69) is 57.1 Å². The van der Waals surface area contributed by atoms with Crippen LogP contribution in [0.3, 0.4) is 0 Å². The number of nitrogens with zero attached hydrogens (tertiary/aromatic N) is 6. The molecule has 0 radical (unpaired) electrons. The third kappa shape index (κ3) is 5.30. The van der Waals surface area contributed by atoms with E-state index in [1.807, 2.05) is 53.2 Å². The quantitative estimate of drug-likeness (QED) is 0.195. The second kappa shape index (κ2) is 11.3. The number of fused-ring (bicyclic) bond motifs is 1. The van der Waals surface area contributed by atoms with Crippen LogP contribution in [0.15, 0.2) is 79.1 Å². The number of anilines is 2. The highest BCUT2D eigenvalue weighted by Gasteiger charge is 2.30. The largest absolute Gasteiger partial charge is 0.377 e. The van der Waals surface area contributed by atoms with E-state index in [-0.39, 0.29) is 12.1 Å². The van der Waals surface area contributed by atoms with Crippen LogP contribution in [-0.4, -0.2) is 20.0 Å². The Kier molecular flexibility index (Phi) is 7.24. The van der Waals surface area contributed by atoms with Gasteiger partial charge < -0.3 is 10.6 Å². The van der Waals surface area contributed by atoms with Gasteiger partial charge in [0.05, 0.1) is 63.4 Å². The topological polar surface area (TPSA) is 115 Å². The normalized spacial score (nSPS) is 14.1. The maximum absolute atomic E-state index is 10.0. The molecular weight excluding hydrogens is 532 g/mol. The van der Waals surface area contributed by atoms with Crippen molar-refractivity contribution in [3.8, 4) is 12.1 Å². The molecule has 0 amide bonds. The minimum Gasteiger partial charge on any atom is -0.377 e. The molecule has 1 aliphatic carbocycles. The highest BCUT2D eigenvalue weighted by molar-refractivity contribution is 6.35. The zero-order valence-corrected chi connectivity index (χ0v) is 23.2. The van der Waals surface area contributed by atoms with Crippen molar-refractivity contribution in [3.63, 3.8) is 0 Å². The molecule has 2 atom stereocenters. The molecule has 1 saturated carbocycles. The summed E-state index contributed by atoms with van der Waals surface area (Å²) in [6.45, 7) is 2.11. The Morgan fingerprint density at radius 2 is 1.78 bits per heavy atom. The van der Waals surface area contributed by atoms with Gasteiger partial charge in [-0.15, -0.1) is 5.10 Å². The lowest BCUT2D eigenvalue weighted by molar-refractivity contribution is 0.574. The maximum atomic E-state index is 10.0. The van der Waals surface area contributed by atoms with Gasteiger partial charge >= 0.3 is 0 Å². The minimum atomic E-state index is -0.344. The van der Waals surface area contributed by atoms with Crippen LogP contribution in [0.4, 0.5) is 11.4 Å². The fourth-order valence-corrected chi connectivity index (χ4v) is 5.48. The molecule has 5 aromatic rings. The third-order valence-corrected chi connectivity index (χ3v) is 7.71. The van der Waals surface area contributed by atoms with Crippen molar-refractivity contribution in [1.29, 1.82) is 10.5 Å². The summed E-state index contributed by atoms with van der Waals surface area (Å²) in [5.74, 6) is 0. The average molecular weight is 559 g/mol. The summed E-state index contributed by atoms with van der Waals surface area (Å²) in [5, 5.41) is 36.6. The molecule has 2 N–H and O–H groups in total. The Balaban J connectivity index is 1.46. The number of nitrogens with one attached hydrogen (secondary N) is 2. The fraction of sp³-hybridized carbons (Fsp3) is 0.219. The van der Waals surface area contributed by atoms with Crippen molar-refractivity contribution in [2.45, 2.75) is 44.3 Å². The number of aromatic nitrogens is 4. The first-order chi connectivity index (χ1) is 20.1. The van der Waals surface area contributed by atoms with Gasteiger partial charge in [0.2, 0.25) is 0 Å². The monoisotopic (exact) mass is 558 g/mol. The molecular formula is C32H27ClN8. The number of benzene rings is 3. The van der Waals surface area contributed by atoms with E-state index in [1.54, 1.807) is 18.5 Å². The summed E-state index contributed by atoms with van der Waals surface area (Å²) in [4.78, 5) is 4.53. The van der Waals surface area contributed by atoms with Crippen LogP contribution < -0.4 is 10.6 Å². The lowest BCUT2D eigenvalue weighted by Gasteiger charge is -2.23. The SMILES string of the molecule is CC[C@@H](Nc1c(C#N)cnc2c(Cl)cc(NC(c3cccc(C#N)c3)c3cnnn3C3CC3)cc12)c1ccccc1. The number of nitriles is 2. The highest BCUT2D eigenvalue weighted by Crippen LogP contribution is 2.40. The Bertz CT molecular complexity index is 1800. The van der Waals surface area contributed by atoms with Gasteiger partial charge in [-0.1, -0.05) is 66.2 Å². The van der Waals surface area contributed by atoms with Crippen molar-refractivity contribution in [2.75, 3.05) is 10.6 Å². The lowest BCUT2D eigenvalue weighted by atomic mass is 10.00. The van der Waals surface area contributed by atoms with Gasteiger partial charge in [0.1, 0.15) is 6.07 Å². The Morgan fingerprint density at radius 3 is 2.51 bits per heavy atom. The lowest BCUT2D eigenvalue weighted by Crippen LogP contribution is -2.17. The molecule has 41 heavy (non-hydrogen) atoms. The first-order valence-corrected chi connectivity index (χ1v) is 14.0. The van der Waals surface area contributed by atoms with Crippen molar-refractivity contribution in [3.05, 3.63) is 112 Å². The number of rotatable bonds is 9. The molecule has 0 bridgehead atoms. The van der Waals surface area contributed by atoms with Crippen molar-refractivity contribution in [2.24, 2.45) is 0 Å².